The van der Waals surface area contributed by atoms with Gasteiger partial charge in [0.25, 0.3) is 5.69 Å². The minimum atomic E-state index is -0.450. The molecule has 1 aromatic rings. The van der Waals surface area contributed by atoms with E-state index in [0.717, 1.165) is 13.1 Å². The Morgan fingerprint density at radius 1 is 1.50 bits per heavy atom. The molecule has 1 aliphatic rings. The van der Waals surface area contributed by atoms with Gasteiger partial charge in [-0.3, -0.25) is 19.8 Å². The zero-order chi connectivity index (χ0) is 15.9. The largest absolute Gasteiger partial charge is 0.351 e. The maximum absolute atomic E-state index is 11.7. The number of rotatable bonds is 8. The van der Waals surface area contributed by atoms with Gasteiger partial charge >= 0.3 is 0 Å². The van der Waals surface area contributed by atoms with Gasteiger partial charge in [-0.15, -0.1) is 0 Å². The molecule has 0 spiro atoms. The van der Waals surface area contributed by atoms with Crippen molar-refractivity contribution < 1.29 is 9.72 Å². The Morgan fingerprint density at radius 2 is 2.27 bits per heavy atom. The molecular formula is C16H21N3O3. The summed E-state index contributed by atoms with van der Waals surface area (Å²) in [5.41, 5.74) is 0.656. The molecule has 1 aliphatic carbocycles. The maximum Gasteiger partial charge on any atom is 0.270 e. The van der Waals surface area contributed by atoms with Gasteiger partial charge in [0.15, 0.2) is 0 Å². The zero-order valence-electron chi connectivity index (χ0n) is 12.7. The van der Waals surface area contributed by atoms with Gasteiger partial charge in [0, 0.05) is 37.3 Å². The Balaban J connectivity index is 1.78. The number of carbonyl (C=O) groups excluding carboxylic acids is 1. The topological polar surface area (TPSA) is 75.5 Å². The Morgan fingerprint density at radius 3 is 2.91 bits per heavy atom. The van der Waals surface area contributed by atoms with Gasteiger partial charge in [-0.25, -0.2) is 0 Å². The van der Waals surface area contributed by atoms with Crippen molar-refractivity contribution in [2.75, 3.05) is 19.6 Å². The minimum absolute atomic E-state index is 0.0191. The van der Waals surface area contributed by atoms with Crippen molar-refractivity contribution in [3.8, 4) is 0 Å². The first-order valence-electron chi connectivity index (χ1n) is 7.54. The van der Waals surface area contributed by atoms with E-state index in [1.165, 1.54) is 31.1 Å². The molecule has 0 bridgehead atoms. The fraction of sp³-hybridized carbons (Fsp3) is 0.438. The SMILES string of the molecule is CCN(CCNC(=O)C=Cc1cccc([N+](=O)[O-])c1)C1CC1. The molecule has 6 heteroatoms. The third kappa shape index (κ3) is 4.96. The van der Waals surface area contributed by atoms with Crippen LogP contribution in [0.5, 0.6) is 0 Å². The second-order valence-corrected chi connectivity index (χ2v) is 5.34. The quantitative estimate of drug-likeness (QED) is 0.454. The highest BCUT2D eigenvalue weighted by atomic mass is 16.6. The molecule has 1 amide bonds. The Kier molecular flexibility index (Phi) is 5.66. The molecule has 22 heavy (non-hydrogen) atoms. The Labute approximate surface area is 130 Å². The summed E-state index contributed by atoms with van der Waals surface area (Å²) in [6.07, 6.45) is 5.51. The first-order valence-corrected chi connectivity index (χ1v) is 7.54. The van der Waals surface area contributed by atoms with E-state index in [4.69, 9.17) is 0 Å². The second kappa shape index (κ2) is 7.70. The van der Waals surface area contributed by atoms with E-state index in [-0.39, 0.29) is 11.6 Å². The van der Waals surface area contributed by atoms with Crippen molar-refractivity contribution >= 4 is 17.7 Å². The van der Waals surface area contributed by atoms with Gasteiger partial charge in [0.1, 0.15) is 0 Å². The summed E-state index contributed by atoms with van der Waals surface area (Å²) < 4.78 is 0. The number of nitrogens with zero attached hydrogens (tertiary/aromatic N) is 2. The molecule has 0 aromatic heterocycles. The summed E-state index contributed by atoms with van der Waals surface area (Å²) in [7, 11) is 0. The number of non-ortho nitro benzene ring substituents is 1. The van der Waals surface area contributed by atoms with Crippen LogP contribution in [-0.4, -0.2) is 41.4 Å². The van der Waals surface area contributed by atoms with E-state index < -0.39 is 4.92 Å². The molecule has 0 saturated heterocycles. The fourth-order valence-corrected chi connectivity index (χ4v) is 2.33. The summed E-state index contributed by atoms with van der Waals surface area (Å²) in [5.74, 6) is -0.182. The Bertz CT molecular complexity index is 568. The lowest BCUT2D eigenvalue weighted by molar-refractivity contribution is -0.384. The van der Waals surface area contributed by atoms with Crippen molar-refractivity contribution in [1.82, 2.24) is 10.2 Å². The van der Waals surface area contributed by atoms with E-state index >= 15 is 0 Å². The molecular weight excluding hydrogens is 282 g/mol. The second-order valence-electron chi connectivity index (χ2n) is 5.34. The lowest BCUT2D eigenvalue weighted by Crippen LogP contribution is -2.35. The van der Waals surface area contributed by atoms with Crippen LogP contribution in [0.1, 0.15) is 25.3 Å². The van der Waals surface area contributed by atoms with Gasteiger partial charge in [-0.2, -0.15) is 0 Å². The first-order chi connectivity index (χ1) is 10.6. The van der Waals surface area contributed by atoms with Crippen LogP contribution >= 0.6 is 0 Å². The van der Waals surface area contributed by atoms with Crippen LogP contribution < -0.4 is 5.32 Å². The highest BCUT2D eigenvalue weighted by Gasteiger charge is 2.27. The van der Waals surface area contributed by atoms with Crippen LogP contribution in [-0.2, 0) is 4.79 Å². The van der Waals surface area contributed by atoms with Crippen molar-refractivity contribution in [3.05, 3.63) is 46.0 Å². The van der Waals surface area contributed by atoms with Gasteiger partial charge in [0.2, 0.25) is 5.91 Å². The van der Waals surface area contributed by atoms with E-state index in [1.54, 1.807) is 18.2 Å². The lowest BCUT2D eigenvalue weighted by Gasteiger charge is -2.19. The highest BCUT2D eigenvalue weighted by Crippen LogP contribution is 2.25. The number of nitrogens with one attached hydrogen (secondary N) is 1. The number of hydrogen-bond acceptors (Lipinski definition) is 4. The molecule has 1 saturated carbocycles. The van der Waals surface area contributed by atoms with Crippen LogP contribution in [0.3, 0.4) is 0 Å². The van der Waals surface area contributed by atoms with Crippen molar-refractivity contribution in [2.24, 2.45) is 0 Å². The summed E-state index contributed by atoms with van der Waals surface area (Å²) in [4.78, 5) is 24.3. The van der Waals surface area contributed by atoms with Crippen LogP contribution in [0.4, 0.5) is 5.69 Å². The molecule has 118 valence electrons. The number of likely N-dealkylation sites (N-methyl/N-ethyl adjacent to an activating group) is 1. The van der Waals surface area contributed by atoms with Crippen molar-refractivity contribution in [1.29, 1.82) is 0 Å². The van der Waals surface area contributed by atoms with E-state index in [0.29, 0.717) is 18.2 Å². The van der Waals surface area contributed by atoms with Gasteiger partial charge in [0.05, 0.1) is 4.92 Å². The molecule has 1 fully saturated rings. The summed E-state index contributed by atoms with van der Waals surface area (Å²) in [5, 5.41) is 13.5. The standard InChI is InChI=1S/C16H21N3O3/c1-2-18(14-7-8-14)11-10-17-16(20)9-6-13-4-3-5-15(12-13)19(21)22/h3-6,9,12,14H,2,7-8,10-11H2,1H3,(H,17,20). The first kappa shape index (κ1) is 16.2. The third-order valence-electron chi connectivity index (χ3n) is 3.68. The molecule has 2 rings (SSSR count). The predicted molar refractivity (Wildman–Crippen MR) is 85.4 cm³/mol. The van der Waals surface area contributed by atoms with Crippen LogP contribution in [0.15, 0.2) is 30.3 Å². The highest BCUT2D eigenvalue weighted by molar-refractivity contribution is 5.91. The third-order valence-corrected chi connectivity index (χ3v) is 3.68. The molecule has 0 unspecified atom stereocenters. The van der Waals surface area contributed by atoms with E-state index in [9.17, 15) is 14.9 Å². The molecule has 0 aliphatic heterocycles. The fourth-order valence-electron chi connectivity index (χ4n) is 2.33. The number of nitro groups is 1. The number of amides is 1. The predicted octanol–water partition coefficient (Wildman–Crippen LogP) is 2.21. The van der Waals surface area contributed by atoms with E-state index in [1.807, 2.05) is 0 Å². The van der Waals surface area contributed by atoms with Crippen LogP contribution in [0.2, 0.25) is 0 Å². The van der Waals surface area contributed by atoms with Crippen molar-refractivity contribution in [3.63, 3.8) is 0 Å². The number of nitro benzene ring substituents is 1. The molecule has 1 aromatic carbocycles. The monoisotopic (exact) mass is 303 g/mol. The van der Waals surface area contributed by atoms with Gasteiger partial charge in [-0.05, 0) is 31.0 Å². The van der Waals surface area contributed by atoms with Crippen LogP contribution in [0, 0.1) is 10.1 Å². The average molecular weight is 303 g/mol. The Hall–Kier alpha value is -2.21. The molecule has 0 heterocycles. The van der Waals surface area contributed by atoms with E-state index in [2.05, 4.69) is 17.1 Å². The summed E-state index contributed by atoms with van der Waals surface area (Å²) in [6.45, 7) is 4.60. The lowest BCUT2D eigenvalue weighted by atomic mass is 10.2. The minimum Gasteiger partial charge on any atom is -0.351 e. The summed E-state index contributed by atoms with van der Waals surface area (Å²) >= 11 is 0. The maximum atomic E-state index is 11.7. The normalized spacial score (nSPS) is 14.5. The number of hydrogen-bond donors (Lipinski definition) is 1. The zero-order valence-corrected chi connectivity index (χ0v) is 12.7. The molecule has 0 radical (unpaired) electrons. The van der Waals surface area contributed by atoms with Gasteiger partial charge < -0.3 is 5.32 Å². The molecule has 6 nitrogen and oxygen atoms in total. The summed E-state index contributed by atoms with van der Waals surface area (Å²) in [6, 6.07) is 6.89. The number of benzene rings is 1. The smallest absolute Gasteiger partial charge is 0.270 e. The van der Waals surface area contributed by atoms with Crippen molar-refractivity contribution in [2.45, 2.75) is 25.8 Å². The van der Waals surface area contributed by atoms with Crippen LogP contribution in [0.25, 0.3) is 6.08 Å². The van der Waals surface area contributed by atoms with Gasteiger partial charge in [-0.1, -0.05) is 19.1 Å². The molecule has 0 atom stereocenters. The number of carbonyl (C=O) groups is 1. The molecule has 1 N–H and O–H groups in total. The average Bonchev–Trinajstić information content (AvgIpc) is 3.34.